The molecule has 96 valence electrons. The van der Waals surface area contributed by atoms with Gasteiger partial charge in [0.1, 0.15) is 6.10 Å². The van der Waals surface area contributed by atoms with Crippen molar-refractivity contribution in [1.82, 2.24) is 9.78 Å². The van der Waals surface area contributed by atoms with Crippen LogP contribution < -0.4 is 0 Å². The highest BCUT2D eigenvalue weighted by molar-refractivity contribution is 5.07. The van der Waals surface area contributed by atoms with Crippen molar-refractivity contribution < 1.29 is 9.84 Å². The number of nitrogens with zero attached hydrogens (tertiary/aromatic N) is 2. The summed E-state index contributed by atoms with van der Waals surface area (Å²) in [6, 6.07) is 1.92. The van der Waals surface area contributed by atoms with Crippen LogP contribution in [0.2, 0.25) is 0 Å². The Kier molecular flexibility index (Phi) is 4.18. The lowest BCUT2D eigenvalue weighted by atomic mass is 9.91. The van der Waals surface area contributed by atoms with Gasteiger partial charge in [-0.1, -0.05) is 13.8 Å². The van der Waals surface area contributed by atoms with E-state index in [4.69, 9.17) is 4.74 Å². The molecule has 1 aliphatic heterocycles. The summed E-state index contributed by atoms with van der Waals surface area (Å²) < 4.78 is 7.56. The smallest absolute Gasteiger partial charge is 0.101 e. The van der Waals surface area contributed by atoms with E-state index >= 15 is 0 Å². The van der Waals surface area contributed by atoms with Crippen LogP contribution in [0.1, 0.15) is 44.9 Å². The Bertz CT molecular complexity index is 351. The first-order valence-electron chi connectivity index (χ1n) is 6.59. The molecule has 0 spiro atoms. The van der Waals surface area contributed by atoms with Crippen molar-refractivity contribution in [1.29, 1.82) is 0 Å². The second kappa shape index (κ2) is 5.65. The van der Waals surface area contributed by atoms with Crippen LogP contribution in [0.5, 0.6) is 0 Å². The molecular weight excluding hydrogens is 216 g/mol. The zero-order chi connectivity index (χ0) is 12.3. The quantitative estimate of drug-likeness (QED) is 0.855. The summed E-state index contributed by atoms with van der Waals surface area (Å²) in [6.45, 7) is 5.86. The largest absolute Gasteiger partial charge is 0.386 e. The molecule has 1 N–H and O–H groups in total. The summed E-state index contributed by atoms with van der Waals surface area (Å²) in [5, 5.41) is 14.7. The lowest BCUT2D eigenvalue weighted by molar-refractivity contribution is 0.0268. The van der Waals surface area contributed by atoms with Crippen LogP contribution in [0.4, 0.5) is 0 Å². The fourth-order valence-electron chi connectivity index (χ4n) is 2.66. The van der Waals surface area contributed by atoms with Crippen LogP contribution in [-0.2, 0) is 11.3 Å². The average Bonchev–Trinajstić information content (AvgIpc) is 2.96. The van der Waals surface area contributed by atoms with Gasteiger partial charge < -0.3 is 9.84 Å². The molecule has 2 heterocycles. The number of rotatable bonds is 5. The van der Waals surface area contributed by atoms with Crippen molar-refractivity contribution in [3.63, 3.8) is 0 Å². The number of aryl methyl sites for hydroxylation is 1. The van der Waals surface area contributed by atoms with Crippen molar-refractivity contribution in [3.8, 4) is 0 Å². The third kappa shape index (κ3) is 2.53. The Labute approximate surface area is 103 Å². The van der Waals surface area contributed by atoms with Crippen molar-refractivity contribution in [2.24, 2.45) is 5.92 Å². The van der Waals surface area contributed by atoms with Crippen LogP contribution in [0.15, 0.2) is 12.3 Å². The molecule has 0 bridgehead atoms. The molecule has 0 amide bonds. The Morgan fingerprint density at radius 2 is 2.41 bits per heavy atom. The molecule has 0 aliphatic carbocycles. The van der Waals surface area contributed by atoms with Gasteiger partial charge >= 0.3 is 0 Å². The maximum atomic E-state index is 10.5. The van der Waals surface area contributed by atoms with Gasteiger partial charge in [-0.3, -0.25) is 4.68 Å². The Morgan fingerprint density at radius 1 is 1.59 bits per heavy atom. The highest BCUT2D eigenvalue weighted by Crippen LogP contribution is 2.34. The number of ether oxygens (including phenoxy) is 1. The molecule has 4 heteroatoms. The van der Waals surface area contributed by atoms with Crippen molar-refractivity contribution in [3.05, 3.63) is 18.0 Å². The fraction of sp³-hybridized carbons (Fsp3) is 0.769. The van der Waals surface area contributed by atoms with E-state index in [1.165, 1.54) is 0 Å². The fourth-order valence-corrected chi connectivity index (χ4v) is 2.66. The summed E-state index contributed by atoms with van der Waals surface area (Å²) in [5.74, 6) is 0.215. The summed E-state index contributed by atoms with van der Waals surface area (Å²) in [5.41, 5.74) is 0.931. The molecule has 3 unspecified atom stereocenters. The third-order valence-corrected chi connectivity index (χ3v) is 3.56. The number of hydrogen-bond acceptors (Lipinski definition) is 3. The normalized spacial score (nSPS) is 26.3. The van der Waals surface area contributed by atoms with E-state index in [0.29, 0.717) is 0 Å². The predicted molar refractivity (Wildman–Crippen MR) is 65.6 cm³/mol. The van der Waals surface area contributed by atoms with E-state index in [9.17, 15) is 5.11 Å². The van der Waals surface area contributed by atoms with Gasteiger partial charge in [-0.15, -0.1) is 0 Å². The van der Waals surface area contributed by atoms with Crippen molar-refractivity contribution in [2.75, 3.05) is 6.61 Å². The van der Waals surface area contributed by atoms with Gasteiger partial charge in [-0.05, 0) is 25.3 Å². The summed E-state index contributed by atoms with van der Waals surface area (Å²) in [4.78, 5) is 0. The van der Waals surface area contributed by atoms with Gasteiger partial charge in [0.2, 0.25) is 0 Å². The zero-order valence-electron chi connectivity index (χ0n) is 10.7. The summed E-state index contributed by atoms with van der Waals surface area (Å²) in [6.07, 6.45) is 4.44. The van der Waals surface area contributed by atoms with E-state index < -0.39 is 6.10 Å². The minimum atomic E-state index is -0.448. The monoisotopic (exact) mass is 238 g/mol. The molecule has 1 aliphatic rings. The lowest BCUT2D eigenvalue weighted by Gasteiger charge is -2.23. The number of aliphatic hydroxyl groups is 1. The highest BCUT2D eigenvalue weighted by atomic mass is 16.5. The lowest BCUT2D eigenvalue weighted by Crippen LogP contribution is -2.24. The number of hydrogen-bond donors (Lipinski definition) is 1. The predicted octanol–water partition coefficient (Wildman–Crippen LogP) is 2.14. The van der Waals surface area contributed by atoms with Gasteiger partial charge in [0, 0.05) is 25.3 Å². The van der Waals surface area contributed by atoms with Gasteiger partial charge in [-0.25, -0.2) is 0 Å². The first-order valence-corrected chi connectivity index (χ1v) is 6.59. The molecule has 1 aromatic rings. The maximum absolute atomic E-state index is 10.5. The summed E-state index contributed by atoms with van der Waals surface area (Å²) >= 11 is 0. The molecular formula is C13H22N2O2. The Balaban J connectivity index is 2.12. The standard InChI is InChI=1S/C13H22N2O2/c1-3-8-15-11(5-7-14-15)13(16)10-6-9-17-12(10)4-2/h5,7,10,12-13,16H,3-4,6,8-9H2,1-2H3. The van der Waals surface area contributed by atoms with Gasteiger partial charge in [0.15, 0.2) is 0 Å². The molecule has 0 aromatic carbocycles. The van der Waals surface area contributed by atoms with Gasteiger partial charge in [0.25, 0.3) is 0 Å². The third-order valence-electron chi connectivity index (χ3n) is 3.56. The molecule has 17 heavy (non-hydrogen) atoms. The molecule has 0 saturated carbocycles. The second-order valence-corrected chi connectivity index (χ2v) is 4.69. The van der Waals surface area contributed by atoms with E-state index in [1.807, 2.05) is 10.7 Å². The first kappa shape index (κ1) is 12.6. The first-order chi connectivity index (χ1) is 8.27. The van der Waals surface area contributed by atoms with Crippen LogP contribution in [0, 0.1) is 5.92 Å². The summed E-state index contributed by atoms with van der Waals surface area (Å²) in [7, 11) is 0. The number of aromatic nitrogens is 2. The molecule has 1 saturated heterocycles. The minimum absolute atomic E-state index is 0.190. The van der Waals surface area contributed by atoms with E-state index in [-0.39, 0.29) is 12.0 Å². The molecule has 3 atom stereocenters. The van der Waals surface area contributed by atoms with E-state index in [0.717, 1.165) is 38.1 Å². The van der Waals surface area contributed by atoms with Crippen LogP contribution in [0.3, 0.4) is 0 Å². The van der Waals surface area contributed by atoms with Crippen molar-refractivity contribution >= 4 is 0 Å². The highest BCUT2D eigenvalue weighted by Gasteiger charge is 2.34. The topological polar surface area (TPSA) is 47.3 Å². The zero-order valence-corrected chi connectivity index (χ0v) is 10.7. The van der Waals surface area contributed by atoms with Gasteiger partial charge in [0.05, 0.1) is 11.8 Å². The van der Waals surface area contributed by atoms with Crippen molar-refractivity contribution in [2.45, 2.75) is 51.9 Å². The van der Waals surface area contributed by atoms with Crippen LogP contribution in [-0.4, -0.2) is 27.6 Å². The maximum Gasteiger partial charge on any atom is 0.101 e. The molecule has 1 fully saturated rings. The van der Waals surface area contributed by atoms with Gasteiger partial charge in [-0.2, -0.15) is 5.10 Å². The van der Waals surface area contributed by atoms with Crippen LogP contribution in [0.25, 0.3) is 0 Å². The molecule has 2 rings (SSSR count). The van der Waals surface area contributed by atoms with E-state index in [1.54, 1.807) is 6.20 Å². The second-order valence-electron chi connectivity index (χ2n) is 4.69. The molecule has 4 nitrogen and oxygen atoms in total. The average molecular weight is 238 g/mol. The Hall–Kier alpha value is -0.870. The Morgan fingerprint density at radius 3 is 3.12 bits per heavy atom. The van der Waals surface area contributed by atoms with Crippen LogP contribution >= 0.6 is 0 Å². The molecule has 1 aromatic heterocycles. The SMILES string of the molecule is CCCn1nccc1C(O)C1CCOC1CC. The van der Waals surface area contributed by atoms with E-state index in [2.05, 4.69) is 18.9 Å². The minimum Gasteiger partial charge on any atom is -0.386 e. The molecule has 0 radical (unpaired) electrons. The number of aliphatic hydroxyl groups excluding tert-OH is 1.